The number of nitrogens with zero attached hydrogens (tertiary/aromatic N) is 1. The summed E-state index contributed by atoms with van der Waals surface area (Å²) in [5.41, 5.74) is 0. The largest absolute Gasteiger partial charge is 0.341 e. The van der Waals surface area contributed by atoms with E-state index >= 15 is 0 Å². The molecule has 3 heteroatoms. The average Bonchev–Trinajstić information content (AvgIpc) is 1.52. The van der Waals surface area contributed by atoms with Crippen molar-refractivity contribution < 1.29 is 4.79 Å². The van der Waals surface area contributed by atoms with E-state index in [1.54, 1.807) is 0 Å². The highest BCUT2D eigenvalue weighted by atomic mass is 16.2. The second-order valence-electron chi connectivity index (χ2n) is 2.97. The summed E-state index contributed by atoms with van der Waals surface area (Å²) in [5, 5.41) is 3.10. The summed E-state index contributed by atoms with van der Waals surface area (Å²) >= 11 is 0. The summed E-state index contributed by atoms with van der Waals surface area (Å²) in [6.07, 6.45) is 2.23. The molecule has 0 aromatic rings. The third kappa shape index (κ3) is 0.814. The molecule has 2 rings (SSSR count). The SMILES string of the molecule is O=C(C1CCN1)N1CCC1. The molecule has 1 N–H and O–H groups in total. The number of amides is 1. The van der Waals surface area contributed by atoms with Gasteiger partial charge in [-0.2, -0.15) is 0 Å². The summed E-state index contributed by atoms with van der Waals surface area (Å²) in [6, 6.07) is 0.167. The van der Waals surface area contributed by atoms with Crippen LogP contribution in [0.4, 0.5) is 0 Å². The van der Waals surface area contributed by atoms with E-state index in [0.717, 1.165) is 26.1 Å². The molecule has 0 aromatic carbocycles. The van der Waals surface area contributed by atoms with E-state index in [1.807, 2.05) is 4.90 Å². The zero-order valence-electron chi connectivity index (χ0n) is 5.97. The summed E-state index contributed by atoms with van der Waals surface area (Å²) in [5.74, 6) is 0.317. The number of hydrogen-bond acceptors (Lipinski definition) is 2. The van der Waals surface area contributed by atoms with Gasteiger partial charge in [0.15, 0.2) is 0 Å². The van der Waals surface area contributed by atoms with Gasteiger partial charge in [0.1, 0.15) is 0 Å². The molecule has 1 atom stereocenters. The van der Waals surface area contributed by atoms with Crippen molar-refractivity contribution in [2.45, 2.75) is 18.9 Å². The van der Waals surface area contributed by atoms with Crippen LogP contribution in [0.25, 0.3) is 0 Å². The van der Waals surface area contributed by atoms with Crippen LogP contribution in [0.2, 0.25) is 0 Å². The molecule has 1 amide bonds. The monoisotopic (exact) mass is 140 g/mol. The van der Waals surface area contributed by atoms with Gasteiger partial charge in [0.2, 0.25) is 5.91 Å². The molecular weight excluding hydrogens is 128 g/mol. The van der Waals surface area contributed by atoms with Crippen molar-refractivity contribution in [1.29, 1.82) is 0 Å². The van der Waals surface area contributed by atoms with Gasteiger partial charge in [-0.1, -0.05) is 0 Å². The highest BCUT2D eigenvalue weighted by Crippen LogP contribution is 2.12. The van der Waals surface area contributed by atoms with Crippen molar-refractivity contribution in [1.82, 2.24) is 10.2 Å². The van der Waals surface area contributed by atoms with Crippen LogP contribution in [0.1, 0.15) is 12.8 Å². The molecule has 0 saturated carbocycles. The molecule has 0 aromatic heterocycles. The summed E-state index contributed by atoms with van der Waals surface area (Å²) in [6.45, 7) is 2.98. The minimum Gasteiger partial charge on any atom is -0.341 e. The van der Waals surface area contributed by atoms with Crippen molar-refractivity contribution in [3.63, 3.8) is 0 Å². The molecule has 0 aliphatic carbocycles. The van der Waals surface area contributed by atoms with Crippen molar-refractivity contribution in [3.8, 4) is 0 Å². The number of hydrogen-bond donors (Lipinski definition) is 1. The Labute approximate surface area is 60.4 Å². The number of carbonyl (C=O) groups excluding carboxylic acids is 1. The molecule has 0 bridgehead atoms. The van der Waals surface area contributed by atoms with Gasteiger partial charge >= 0.3 is 0 Å². The van der Waals surface area contributed by atoms with E-state index in [4.69, 9.17) is 0 Å². The molecule has 56 valence electrons. The van der Waals surface area contributed by atoms with Crippen molar-refractivity contribution in [2.24, 2.45) is 0 Å². The van der Waals surface area contributed by atoms with Crippen LogP contribution in [0.3, 0.4) is 0 Å². The normalized spacial score (nSPS) is 30.8. The molecule has 0 radical (unpaired) electrons. The summed E-state index contributed by atoms with van der Waals surface area (Å²) in [4.78, 5) is 13.2. The number of likely N-dealkylation sites (tertiary alicyclic amines) is 1. The Balaban J connectivity index is 1.84. The fraction of sp³-hybridized carbons (Fsp3) is 0.857. The highest BCUT2D eigenvalue weighted by Gasteiger charge is 2.31. The van der Waals surface area contributed by atoms with Gasteiger partial charge in [0.25, 0.3) is 0 Å². The molecule has 2 aliphatic heterocycles. The van der Waals surface area contributed by atoms with Gasteiger partial charge in [0.05, 0.1) is 6.04 Å². The molecule has 2 saturated heterocycles. The standard InChI is InChI=1S/C7H12N2O/c10-7(6-2-3-8-6)9-4-1-5-9/h6,8H,1-5H2. The lowest BCUT2D eigenvalue weighted by atomic mass is 10.0. The predicted octanol–water partition coefficient (Wildman–Crippen LogP) is -0.419. The lowest BCUT2D eigenvalue weighted by Crippen LogP contribution is -2.57. The van der Waals surface area contributed by atoms with Crippen molar-refractivity contribution in [3.05, 3.63) is 0 Å². The lowest BCUT2D eigenvalue weighted by molar-refractivity contribution is -0.138. The van der Waals surface area contributed by atoms with Gasteiger partial charge < -0.3 is 10.2 Å². The molecule has 2 heterocycles. The minimum atomic E-state index is 0.167. The minimum absolute atomic E-state index is 0.167. The zero-order chi connectivity index (χ0) is 6.97. The van der Waals surface area contributed by atoms with Crippen LogP contribution in [-0.4, -0.2) is 36.5 Å². The number of rotatable bonds is 1. The molecule has 0 spiro atoms. The first-order valence-corrected chi connectivity index (χ1v) is 3.90. The van der Waals surface area contributed by atoms with Crippen LogP contribution >= 0.6 is 0 Å². The van der Waals surface area contributed by atoms with E-state index in [1.165, 1.54) is 6.42 Å². The van der Waals surface area contributed by atoms with Crippen LogP contribution in [0.5, 0.6) is 0 Å². The third-order valence-electron chi connectivity index (χ3n) is 2.29. The first-order chi connectivity index (χ1) is 4.88. The van der Waals surface area contributed by atoms with Crippen LogP contribution < -0.4 is 5.32 Å². The molecule has 10 heavy (non-hydrogen) atoms. The highest BCUT2D eigenvalue weighted by molar-refractivity contribution is 5.83. The lowest BCUT2D eigenvalue weighted by Gasteiger charge is -2.37. The molecule has 1 unspecified atom stereocenters. The number of nitrogens with one attached hydrogen (secondary N) is 1. The maximum absolute atomic E-state index is 11.3. The van der Waals surface area contributed by atoms with Crippen molar-refractivity contribution >= 4 is 5.91 Å². The fourth-order valence-corrected chi connectivity index (χ4v) is 1.26. The second kappa shape index (κ2) is 2.23. The maximum Gasteiger partial charge on any atom is 0.239 e. The Morgan fingerprint density at radius 2 is 2.20 bits per heavy atom. The first kappa shape index (κ1) is 6.16. The number of carbonyl (C=O) groups is 1. The Kier molecular flexibility index (Phi) is 1.38. The van der Waals surface area contributed by atoms with Crippen LogP contribution in [-0.2, 0) is 4.79 Å². The Morgan fingerprint density at radius 1 is 1.50 bits per heavy atom. The smallest absolute Gasteiger partial charge is 0.239 e. The molecule has 3 nitrogen and oxygen atoms in total. The predicted molar refractivity (Wildman–Crippen MR) is 37.6 cm³/mol. The summed E-state index contributed by atoms with van der Waals surface area (Å²) in [7, 11) is 0. The van der Waals surface area contributed by atoms with E-state index in [0.29, 0.717) is 5.91 Å². The Morgan fingerprint density at radius 3 is 2.50 bits per heavy atom. The topological polar surface area (TPSA) is 32.3 Å². The summed E-state index contributed by atoms with van der Waals surface area (Å²) < 4.78 is 0. The van der Waals surface area contributed by atoms with Crippen LogP contribution in [0.15, 0.2) is 0 Å². The Bertz CT molecular complexity index is 134. The fourth-order valence-electron chi connectivity index (χ4n) is 1.26. The zero-order valence-corrected chi connectivity index (χ0v) is 5.97. The van der Waals surface area contributed by atoms with Crippen LogP contribution in [0, 0.1) is 0 Å². The second-order valence-corrected chi connectivity index (χ2v) is 2.97. The molecule has 2 fully saturated rings. The van der Waals surface area contributed by atoms with Gasteiger partial charge in [-0.05, 0) is 19.4 Å². The van der Waals surface area contributed by atoms with Gasteiger partial charge in [0, 0.05) is 13.1 Å². The van der Waals surface area contributed by atoms with Crippen molar-refractivity contribution in [2.75, 3.05) is 19.6 Å². The molecular formula is C7H12N2O. The third-order valence-corrected chi connectivity index (χ3v) is 2.29. The van der Waals surface area contributed by atoms with Gasteiger partial charge in [-0.3, -0.25) is 4.79 Å². The van der Waals surface area contributed by atoms with Gasteiger partial charge in [-0.25, -0.2) is 0 Å². The van der Waals surface area contributed by atoms with E-state index in [9.17, 15) is 4.79 Å². The first-order valence-electron chi connectivity index (χ1n) is 3.90. The average molecular weight is 140 g/mol. The van der Waals surface area contributed by atoms with E-state index < -0.39 is 0 Å². The van der Waals surface area contributed by atoms with E-state index in [-0.39, 0.29) is 6.04 Å². The Hall–Kier alpha value is -0.570. The molecule has 2 aliphatic rings. The maximum atomic E-state index is 11.3. The van der Waals surface area contributed by atoms with Gasteiger partial charge in [-0.15, -0.1) is 0 Å². The van der Waals surface area contributed by atoms with E-state index in [2.05, 4.69) is 5.32 Å². The quantitative estimate of drug-likeness (QED) is 0.536.